The van der Waals surface area contributed by atoms with Gasteiger partial charge in [-0.25, -0.2) is 0 Å². The summed E-state index contributed by atoms with van der Waals surface area (Å²) < 4.78 is 16.9. The topological polar surface area (TPSA) is 78.9 Å². The van der Waals surface area contributed by atoms with Crippen LogP contribution in [0.5, 0.6) is 0 Å². The normalized spacial score (nSPS) is 13.0. The molecule has 0 aromatic carbocycles. The first-order valence-corrected chi connectivity index (χ1v) is 34.2. The summed E-state index contributed by atoms with van der Waals surface area (Å²) in [4.78, 5) is 38.4. The van der Waals surface area contributed by atoms with E-state index in [1.54, 1.807) is 0 Å². The van der Waals surface area contributed by atoms with Gasteiger partial charge in [0, 0.05) is 19.3 Å². The molecule has 0 radical (unpaired) electrons. The lowest BCUT2D eigenvalue weighted by molar-refractivity contribution is -0.167. The molecule has 0 rings (SSSR count). The van der Waals surface area contributed by atoms with Crippen molar-refractivity contribution in [3.63, 3.8) is 0 Å². The summed E-state index contributed by atoms with van der Waals surface area (Å²) in [6.07, 6.45) is 97.5. The Balaban J connectivity index is 4.47. The lowest BCUT2D eigenvalue weighted by Gasteiger charge is -2.18. The molecule has 0 saturated heterocycles. The molecule has 0 spiro atoms. The van der Waals surface area contributed by atoms with E-state index in [2.05, 4.69) is 154 Å². The Labute approximate surface area is 506 Å². The standard InChI is InChI=1S/C76H126O6/c1-4-7-10-13-16-19-22-25-28-31-33-34-35-36-37-38-39-40-41-42-43-46-48-51-54-57-60-63-66-69-75(78)81-72-73(71-80-74(77)68-65-62-59-56-53-50-47-44-30-27-24-21-18-15-12-9-6-3)82-76(79)70-67-64-61-58-55-52-49-45-32-29-26-23-20-17-14-11-8-5-2/h7,10,16,18-19,21,25,27-28,30,33-34,36-37,39-40,42-43,48,51,57,60,73H,4-6,8-9,11-15,17,20,22-24,26,29,31-32,35,38,41,44-47,49-50,52-56,58-59,61-72H2,1-3H3/b10-7-,19-16-,21-18-,28-25-,30-27-,34-33-,37-36-,40-39-,43-42-,51-48-,60-57-. The first kappa shape index (κ1) is 77.5. The monoisotopic (exact) mass is 1130 g/mol. The van der Waals surface area contributed by atoms with Gasteiger partial charge in [0.25, 0.3) is 0 Å². The van der Waals surface area contributed by atoms with Gasteiger partial charge < -0.3 is 14.2 Å². The Bertz CT molecular complexity index is 1730. The van der Waals surface area contributed by atoms with Crippen LogP contribution in [0.2, 0.25) is 0 Å². The zero-order chi connectivity index (χ0) is 59.2. The number of hydrogen-bond acceptors (Lipinski definition) is 6. The lowest BCUT2D eigenvalue weighted by atomic mass is 10.0. The zero-order valence-electron chi connectivity index (χ0n) is 53.5. The van der Waals surface area contributed by atoms with Gasteiger partial charge in [0.2, 0.25) is 0 Å². The highest BCUT2D eigenvalue weighted by Gasteiger charge is 2.19. The number of ether oxygens (including phenoxy) is 3. The number of carbonyl (C=O) groups is 3. The minimum absolute atomic E-state index is 0.101. The minimum Gasteiger partial charge on any atom is -0.462 e. The highest BCUT2D eigenvalue weighted by Crippen LogP contribution is 2.16. The van der Waals surface area contributed by atoms with Gasteiger partial charge in [0.05, 0.1) is 0 Å². The maximum Gasteiger partial charge on any atom is 0.306 e. The van der Waals surface area contributed by atoms with Crippen molar-refractivity contribution in [1.29, 1.82) is 0 Å². The number of carbonyl (C=O) groups excluding carboxylic acids is 3. The van der Waals surface area contributed by atoms with Crippen molar-refractivity contribution < 1.29 is 28.6 Å². The van der Waals surface area contributed by atoms with Crippen LogP contribution in [-0.2, 0) is 28.6 Å². The van der Waals surface area contributed by atoms with Crippen molar-refractivity contribution in [2.75, 3.05) is 13.2 Å². The van der Waals surface area contributed by atoms with Gasteiger partial charge in [-0.3, -0.25) is 14.4 Å². The fourth-order valence-electron chi connectivity index (χ4n) is 9.30. The third kappa shape index (κ3) is 66.4. The van der Waals surface area contributed by atoms with Gasteiger partial charge in [-0.1, -0.05) is 309 Å². The molecule has 0 heterocycles. The highest BCUT2D eigenvalue weighted by atomic mass is 16.6. The molecule has 82 heavy (non-hydrogen) atoms. The van der Waals surface area contributed by atoms with E-state index in [4.69, 9.17) is 14.2 Å². The van der Waals surface area contributed by atoms with Crippen molar-refractivity contribution >= 4 is 17.9 Å². The molecule has 0 aliphatic heterocycles. The molecule has 0 aliphatic rings. The molecule has 0 saturated carbocycles. The summed E-state index contributed by atoms with van der Waals surface area (Å²) >= 11 is 0. The fraction of sp³-hybridized carbons (Fsp3) is 0.671. The number of rotatable bonds is 61. The molecule has 0 bridgehead atoms. The van der Waals surface area contributed by atoms with Crippen LogP contribution in [0.25, 0.3) is 0 Å². The van der Waals surface area contributed by atoms with Crippen molar-refractivity contribution in [3.05, 3.63) is 134 Å². The number of hydrogen-bond donors (Lipinski definition) is 0. The molecule has 1 unspecified atom stereocenters. The quantitative estimate of drug-likeness (QED) is 0.0261. The van der Waals surface area contributed by atoms with Crippen molar-refractivity contribution in [2.24, 2.45) is 0 Å². The average Bonchev–Trinajstić information content (AvgIpc) is 3.47. The minimum atomic E-state index is -0.809. The predicted molar refractivity (Wildman–Crippen MR) is 357 cm³/mol. The third-order valence-corrected chi connectivity index (χ3v) is 14.4. The van der Waals surface area contributed by atoms with Gasteiger partial charge in [-0.05, 0) is 116 Å². The van der Waals surface area contributed by atoms with E-state index in [1.807, 2.05) is 0 Å². The molecule has 0 aromatic rings. The van der Waals surface area contributed by atoms with Gasteiger partial charge in [-0.2, -0.15) is 0 Å². The van der Waals surface area contributed by atoms with Crippen LogP contribution in [0.15, 0.2) is 134 Å². The number of unbranched alkanes of at least 4 members (excludes halogenated alkanes) is 28. The molecule has 6 nitrogen and oxygen atoms in total. The SMILES string of the molecule is CC/C=C\C/C=C\C/C=C\C/C=C\C/C=C\C/C=C\C/C=C\C/C=C\C/C=C\CCCC(=O)OCC(COC(=O)CCCCCCCCC/C=C\C/C=C\CCCCC)OC(=O)CCCCCCCCCCCCCCCCCCCC. The predicted octanol–water partition coefficient (Wildman–Crippen LogP) is 23.7. The van der Waals surface area contributed by atoms with Crippen molar-refractivity contribution in [2.45, 2.75) is 316 Å². The molecular weight excluding hydrogens is 1010 g/mol. The molecule has 0 amide bonds. The number of allylic oxidation sites excluding steroid dienone is 22. The van der Waals surface area contributed by atoms with Crippen LogP contribution >= 0.6 is 0 Å². The lowest BCUT2D eigenvalue weighted by Crippen LogP contribution is -2.30. The van der Waals surface area contributed by atoms with Gasteiger partial charge in [0.15, 0.2) is 6.10 Å². The van der Waals surface area contributed by atoms with Crippen LogP contribution in [0.1, 0.15) is 310 Å². The molecule has 466 valence electrons. The molecule has 0 fully saturated rings. The molecule has 0 N–H and O–H groups in total. The Morgan fingerprint density at radius 1 is 0.256 bits per heavy atom. The maximum absolute atomic E-state index is 12.9. The van der Waals surface area contributed by atoms with Crippen LogP contribution in [0.4, 0.5) is 0 Å². The number of esters is 3. The Morgan fingerprint density at radius 3 is 0.817 bits per heavy atom. The van der Waals surface area contributed by atoms with Gasteiger partial charge in [-0.15, -0.1) is 0 Å². The fourth-order valence-corrected chi connectivity index (χ4v) is 9.30. The van der Waals surface area contributed by atoms with Crippen molar-refractivity contribution in [3.8, 4) is 0 Å². The van der Waals surface area contributed by atoms with Crippen LogP contribution < -0.4 is 0 Å². The summed E-state index contributed by atoms with van der Waals surface area (Å²) in [5.41, 5.74) is 0. The second-order valence-corrected chi connectivity index (χ2v) is 22.4. The molecule has 1 atom stereocenters. The van der Waals surface area contributed by atoms with Crippen LogP contribution in [0.3, 0.4) is 0 Å². The summed E-state index contributed by atoms with van der Waals surface area (Å²) in [6, 6.07) is 0. The average molecular weight is 1140 g/mol. The molecule has 0 aliphatic carbocycles. The van der Waals surface area contributed by atoms with Crippen LogP contribution in [-0.4, -0.2) is 37.2 Å². The van der Waals surface area contributed by atoms with E-state index in [9.17, 15) is 14.4 Å². The third-order valence-electron chi connectivity index (χ3n) is 14.4. The second-order valence-electron chi connectivity index (χ2n) is 22.4. The smallest absolute Gasteiger partial charge is 0.306 e. The summed E-state index contributed by atoms with van der Waals surface area (Å²) in [7, 11) is 0. The molecular formula is C76H126O6. The van der Waals surface area contributed by atoms with E-state index in [0.29, 0.717) is 19.3 Å². The van der Waals surface area contributed by atoms with E-state index in [0.717, 1.165) is 116 Å². The van der Waals surface area contributed by atoms with E-state index >= 15 is 0 Å². The summed E-state index contributed by atoms with van der Waals surface area (Å²) in [5, 5.41) is 0. The van der Waals surface area contributed by atoms with Gasteiger partial charge in [0.1, 0.15) is 13.2 Å². The largest absolute Gasteiger partial charge is 0.462 e. The zero-order valence-corrected chi connectivity index (χ0v) is 53.5. The van der Waals surface area contributed by atoms with Crippen molar-refractivity contribution in [1.82, 2.24) is 0 Å². The Hall–Kier alpha value is -4.45. The molecule has 6 heteroatoms. The second kappa shape index (κ2) is 69.0. The Morgan fingerprint density at radius 2 is 0.488 bits per heavy atom. The maximum atomic E-state index is 12.9. The van der Waals surface area contributed by atoms with E-state index in [1.165, 1.54) is 148 Å². The van der Waals surface area contributed by atoms with Crippen LogP contribution in [0, 0.1) is 0 Å². The summed E-state index contributed by atoms with van der Waals surface area (Å²) in [5.74, 6) is -0.961. The van der Waals surface area contributed by atoms with Gasteiger partial charge >= 0.3 is 17.9 Å². The summed E-state index contributed by atoms with van der Waals surface area (Å²) in [6.45, 7) is 6.48. The van der Waals surface area contributed by atoms with E-state index in [-0.39, 0.29) is 37.5 Å². The first-order chi connectivity index (χ1) is 40.5. The first-order valence-electron chi connectivity index (χ1n) is 34.2. The Kier molecular flexibility index (Phi) is 65.3. The van der Waals surface area contributed by atoms with E-state index < -0.39 is 6.10 Å². The highest BCUT2D eigenvalue weighted by molar-refractivity contribution is 5.71. The molecule has 0 aromatic heterocycles.